The molecule has 21 heavy (non-hydrogen) atoms. The maximum absolute atomic E-state index is 11.5. The zero-order valence-electron chi connectivity index (χ0n) is 12.4. The van der Waals surface area contributed by atoms with Crippen molar-refractivity contribution >= 4 is 11.9 Å². The van der Waals surface area contributed by atoms with Gasteiger partial charge in [0.15, 0.2) is 0 Å². The van der Waals surface area contributed by atoms with Crippen molar-refractivity contribution in [2.24, 2.45) is 5.92 Å². The van der Waals surface area contributed by atoms with Crippen LogP contribution in [0.1, 0.15) is 19.8 Å². The van der Waals surface area contributed by atoms with Crippen molar-refractivity contribution in [3.05, 3.63) is 36.6 Å². The van der Waals surface area contributed by atoms with Gasteiger partial charge >= 0.3 is 5.97 Å². The number of aliphatic carboxylic acids is 1. The van der Waals surface area contributed by atoms with Crippen LogP contribution in [0.2, 0.25) is 0 Å². The van der Waals surface area contributed by atoms with Crippen molar-refractivity contribution in [3.63, 3.8) is 0 Å². The van der Waals surface area contributed by atoms with Crippen molar-refractivity contribution in [2.75, 3.05) is 19.6 Å². The molecule has 4 N–H and O–H groups in total. The van der Waals surface area contributed by atoms with E-state index in [1.54, 1.807) is 6.92 Å². The highest BCUT2D eigenvalue weighted by Gasteiger charge is 2.15. The average Bonchev–Trinajstić information content (AvgIpc) is 2.35. The Morgan fingerprint density at radius 3 is 2.24 bits per heavy atom. The summed E-state index contributed by atoms with van der Waals surface area (Å²) >= 11 is 0. The van der Waals surface area contributed by atoms with E-state index in [2.05, 4.69) is 30.4 Å². The summed E-state index contributed by atoms with van der Waals surface area (Å²) in [6.45, 7) is 13.7. The molecule has 0 saturated carbocycles. The van der Waals surface area contributed by atoms with Crippen LogP contribution in [0.5, 0.6) is 0 Å². The Bertz CT molecular complexity index is 429. The van der Waals surface area contributed by atoms with Crippen LogP contribution in [-0.2, 0) is 9.59 Å². The van der Waals surface area contributed by atoms with E-state index in [9.17, 15) is 14.7 Å². The van der Waals surface area contributed by atoms with Crippen LogP contribution in [0.15, 0.2) is 36.6 Å². The van der Waals surface area contributed by atoms with Gasteiger partial charge in [-0.1, -0.05) is 25.3 Å². The molecule has 0 aromatic heterocycles. The Balaban J connectivity index is 3.87. The van der Waals surface area contributed by atoms with Crippen molar-refractivity contribution in [2.45, 2.75) is 19.8 Å². The van der Waals surface area contributed by atoms with Gasteiger partial charge in [0.25, 0.3) is 0 Å². The van der Waals surface area contributed by atoms with Gasteiger partial charge in [0.1, 0.15) is 0 Å². The maximum Gasteiger partial charge on any atom is 0.304 e. The second-order valence-electron chi connectivity index (χ2n) is 4.90. The van der Waals surface area contributed by atoms with Crippen LogP contribution in [0.4, 0.5) is 0 Å². The Kier molecular flexibility index (Phi) is 8.80. The fourth-order valence-electron chi connectivity index (χ4n) is 1.49. The monoisotopic (exact) mass is 296 g/mol. The first-order chi connectivity index (χ1) is 9.73. The highest BCUT2D eigenvalue weighted by atomic mass is 16.4. The highest BCUT2D eigenvalue weighted by Crippen LogP contribution is 2.09. The van der Waals surface area contributed by atoms with Gasteiger partial charge in [-0.25, -0.2) is 0 Å². The van der Waals surface area contributed by atoms with E-state index in [-0.39, 0.29) is 31.1 Å². The van der Waals surface area contributed by atoms with Gasteiger partial charge in [-0.15, -0.1) is 0 Å². The van der Waals surface area contributed by atoms with Crippen molar-refractivity contribution < 1.29 is 19.8 Å². The molecule has 0 aliphatic carbocycles. The van der Waals surface area contributed by atoms with Gasteiger partial charge in [-0.2, -0.15) is 0 Å². The predicted molar refractivity (Wildman–Crippen MR) is 82.0 cm³/mol. The molecule has 0 bridgehead atoms. The molecule has 0 heterocycles. The summed E-state index contributed by atoms with van der Waals surface area (Å²) in [5.74, 6) is -1.84. The van der Waals surface area contributed by atoms with E-state index in [0.717, 1.165) is 5.57 Å². The zero-order valence-corrected chi connectivity index (χ0v) is 12.4. The van der Waals surface area contributed by atoms with Crippen molar-refractivity contribution in [1.29, 1.82) is 0 Å². The highest BCUT2D eigenvalue weighted by molar-refractivity contribution is 5.79. The number of nitrogens with one attached hydrogen (secondary N) is 2. The Morgan fingerprint density at radius 1 is 1.14 bits per heavy atom. The molecule has 0 aromatic carbocycles. The SMILES string of the molecule is C=C(C)C(=C)CC(=O)NCCNCC(CC(=O)O)C(=C)O. The van der Waals surface area contributed by atoms with E-state index in [1.807, 2.05) is 0 Å². The van der Waals surface area contributed by atoms with E-state index in [0.29, 0.717) is 18.7 Å². The van der Waals surface area contributed by atoms with Gasteiger partial charge in [-0.3, -0.25) is 9.59 Å². The number of carboxylic acids is 1. The van der Waals surface area contributed by atoms with Crippen LogP contribution in [-0.4, -0.2) is 41.7 Å². The Morgan fingerprint density at radius 2 is 1.76 bits per heavy atom. The molecule has 1 amide bonds. The predicted octanol–water partition coefficient (Wildman–Crippen LogP) is 1.38. The number of aliphatic hydroxyl groups is 1. The standard InChI is InChI=1S/C15H24N2O4/c1-10(2)11(3)7-14(19)17-6-5-16-9-13(12(4)18)8-15(20)21/h13,16,18H,1,3-9H2,2H3,(H,17,19)(H,20,21). The lowest BCUT2D eigenvalue weighted by atomic mass is 10.0. The smallest absolute Gasteiger partial charge is 0.304 e. The number of allylic oxidation sites excluding steroid dienone is 1. The first kappa shape index (κ1) is 18.9. The normalized spacial score (nSPS) is 11.5. The minimum absolute atomic E-state index is 0.140. The van der Waals surface area contributed by atoms with Crippen molar-refractivity contribution in [3.8, 4) is 0 Å². The fourth-order valence-corrected chi connectivity index (χ4v) is 1.49. The van der Waals surface area contributed by atoms with Gasteiger partial charge in [0.05, 0.1) is 18.6 Å². The topological polar surface area (TPSA) is 98.7 Å². The van der Waals surface area contributed by atoms with Gasteiger partial charge < -0.3 is 20.8 Å². The third-order valence-electron chi connectivity index (χ3n) is 2.88. The Hall–Kier alpha value is -2.08. The molecule has 6 heteroatoms. The second-order valence-corrected chi connectivity index (χ2v) is 4.90. The lowest BCUT2D eigenvalue weighted by Gasteiger charge is -2.14. The van der Waals surface area contributed by atoms with Crippen LogP contribution in [0.3, 0.4) is 0 Å². The van der Waals surface area contributed by atoms with Gasteiger partial charge in [0.2, 0.25) is 5.91 Å². The van der Waals surface area contributed by atoms with E-state index in [1.165, 1.54) is 0 Å². The van der Waals surface area contributed by atoms with Crippen molar-refractivity contribution in [1.82, 2.24) is 10.6 Å². The first-order valence-corrected chi connectivity index (χ1v) is 6.64. The molecule has 0 aromatic rings. The number of carbonyl (C=O) groups excluding carboxylic acids is 1. The average molecular weight is 296 g/mol. The Labute approximate surface area is 125 Å². The van der Waals surface area contributed by atoms with Gasteiger partial charge in [0, 0.05) is 25.6 Å². The zero-order chi connectivity index (χ0) is 16.4. The summed E-state index contributed by atoms with van der Waals surface area (Å²) in [6, 6.07) is 0. The number of carboxylic acid groups (broad SMARTS) is 1. The van der Waals surface area contributed by atoms with Crippen LogP contribution < -0.4 is 10.6 Å². The molecule has 1 atom stereocenters. The number of aliphatic hydroxyl groups excluding tert-OH is 1. The summed E-state index contributed by atoms with van der Waals surface area (Å²) in [7, 11) is 0. The quantitative estimate of drug-likeness (QED) is 0.262. The number of carbonyl (C=O) groups is 2. The van der Waals surface area contributed by atoms with E-state index >= 15 is 0 Å². The molecular formula is C15H24N2O4. The van der Waals surface area contributed by atoms with Gasteiger partial charge in [-0.05, 0) is 12.5 Å². The molecule has 0 aliphatic rings. The third kappa shape index (κ3) is 9.45. The molecule has 0 fully saturated rings. The largest absolute Gasteiger partial charge is 0.513 e. The fraction of sp³-hybridized carbons (Fsp3) is 0.467. The minimum Gasteiger partial charge on any atom is -0.513 e. The minimum atomic E-state index is -0.997. The summed E-state index contributed by atoms with van der Waals surface area (Å²) in [6.07, 6.45) is 0.0253. The molecular weight excluding hydrogens is 272 g/mol. The summed E-state index contributed by atoms with van der Waals surface area (Å²) in [4.78, 5) is 22.1. The van der Waals surface area contributed by atoms with E-state index < -0.39 is 11.9 Å². The molecule has 0 rings (SSSR count). The molecule has 6 nitrogen and oxygen atoms in total. The summed E-state index contributed by atoms with van der Waals surface area (Å²) in [5.41, 5.74) is 1.47. The lowest BCUT2D eigenvalue weighted by molar-refractivity contribution is -0.138. The number of rotatable bonds is 11. The first-order valence-electron chi connectivity index (χ1n) is 6.64. The molecule has 0 spiro atoms. The number of hydrogen-bond donors (Lipinski definition) is 4. The molecule has 118 valence electrons. The lowest BCUT2D eigenvalue weighted by Crippen LogP contribution is -2.34. The van der Waals surface area contributed by atoms with Crippen LogP contribution in [0.25, 0.3) is 0 Å². The molecule has 0 radical (unpaired) electrons. The third-order valence-corrected chi connectivity index (χ3v) is 2.88. The number of amides is 1. The molecule has 0 saturated heterocycles. The molecule has 1 unspecified atom stereocenters. The summed E-state index contributed by atoms with van der Waals surface area (Å²) in [5, 5.41) is 23.6. The van der Waals surface area contributed by atoms with Crippen LogP contribution in [0, 0.1) is 5.92 Å². The van der Waals surface area contributed by atoms with E-state index in [4.69, 9.17) is 5.11 Å². The second kappa shape index (κ2) is 9.77. The van der Waals surface area contributed by atoms with Crippen LogP contribution >= 0.6 is 0 Å². The maximum atomic E-state index is 11.5. The summed E-state index contributed by atoms with van der Waals surface area (Å²) < 4.78 is 0. The number of hydrogen-bond acceptors (Lipinski definition) is 4. The molecule has 0 aliphatic heterocycles.